The Morgan fingerprint density at radius 3 is 1.19 bits per heavy atom. The highest BCUT2D eigenvalue weighted by molar-refractivity contribution is 6.10. The van der Waals surface area contributed by atoms with E-state index in [4.69, 9.17) is 20.4 Å². The Morgan fingerprint density at radius 2 is 0.926 bits per heavy atom. The highest BCUT2D eigenvalue weighted by atomic mass is 16.4. The van der Waals surface area contributed by atoms with Gasteiger partial charge in [0.1, 0.15) is 0 Å². The number of carbonyl (C=O) groups is 4. The highest BCUT2D eigenvalue weighted by Crippen LogP contribution is 2.22. The van der Waals surface area contributed by atoms with Crippen LogP contribution in [0.15, 0.2) is 52.9 Å². The Hall–Kier alpha value is -4.14. The molecule has 0 aliphatic carbocycles. The van der Waals surface area contributed by atoms with Crippen LogP contribution in [0.25, 0.3) is 10.8 Å². The summed E-state index contributed by atoms with van der Waals surface area (Å²) in [4.78, 5) is 42.2. The van der Waals surface area contributed by atoms with Gasteiger partial charge in [0.25, 0.3) is 0 Å². The Morgan fingerprint density at radius 1 is 0.556 bits per heavy atom. The third-order valence-corrected chi connectivity index (χ3v) is 3.41. The summed E-state index contributed by atoms with van der Waals surface area (Å²) < 4.78 is 4.41. The van der Waals surface area contributed by atoms with Gasteiger partial charge in [-0.3, -0.25) is 0 Å². The molecular weight excluding hydrogens is 360 g/mol. The summed E-state index contributed by atoms with van der Waals surface area (Å²) in [5.74, 6) is -5.43. The quantitative estimate of drug-likeness (QED) is 0.539. The van der Waals surface area contributed by atoms with Crippen LogP contribution in [0.2, 0.25) is 0 Å². The van der Waals surface area contributed by atoms with E-state index in [1.807, 2.05) is 0 Å². The zero-order valence-corrected chi connectivity index (χ0v) is 13.4. The van der Waals surface area contributed by atoms with Crippen molar-refractivity contribution in [2.75, 3.05) is 0 Å². The fourth-order valence-corrected chi connectivity index (χ4v) is 2.24. The van der Waals surface area contributed by atoms with Crippen LogP contribution in [0.5, 0.6) is 0 Å². The SMILES string of the molecule is O=C(O)c1ccc(C(=O)O)c2ccccc12.O=C(O)c1ccc(C(=O)O)o1. The minimum absolute atomic E-state index is 0.112. The number of fused-ring (bicyclic) bond motifs is 1. The molecule has 3 rings (SSSR count). The van der Waals surface area contributed by atoms with E-state index in [9.17, 15) is 19.2 Å². The van der Waals surface area contributed by atoms with Crippen molar-refractivity contribution in [3.8, 4) is 0 Å². The number of hydrogen-bond donors (Lipinski definition) is 4. The summed E-state index contributed by atoms with van der Waals surface area (Å²) in [6.07, 6.45) is 0. The largest absolute Gasteiger partial charge is 0.478 e. The molecule has 0 aliphatic rings. The van der Waals surface area contributed by atoms with Gasteiger partial charge in [-0.15, -0.1) is 0 Å². The van der Waals surface area contributed by atoms with Gasteiger partial charge >= 0.3 is 23.9 Å². The van der Waals surface area contributed by atoms with Crippen LogP contribution in [-0.4, -0.2) is 44.3 Å². The van der Waals surface area contributed by atoms with Gasteiger partial charge in [0, 0.05) is 0 Å². The summed E-state index contributed by atoms with van der Waals surface area (Å²) in [6.45, 7) is 0. The maximum absolute atomic E-state index is 10.9. The van der Waals surface area contributed by atoms with E-state index in [-0.39, 0.29) is 22.6 Å². The summed E-state index contributed by atoms with van der Waals surface area (Å²) in [5.41, 5.74) is 0.223. The predicted molar refractivity (Wildman–Crippen MR) is 90.5 cm³/mol. The van der Waals surface area contributed by atoms with Crippen molar-refractivity contribution in [3.05, 3.63) is 71.2 Å². The molecule has 27 heavy (non-hydrogen) atoms. The lowest BCUT2D eigenvalue weighted by Gasteiger charge is -2.05. The fourth-order valence-electron chi connectivity index (χ4n) is 2.24. The molecule has 1 aromatic heterocycles. The number of carboxylic acids is 4. The first kappa shape index (κ1) is 19.2. The molecule has 0 fully saturated rings. The number of hydrogen-bond acceptors (Lipinski definition) is 5. The van der Waals surface area contributed by atoms with Gasteiger partial charge < -0.3 is 24.8 Å². The van der Waals surface area contributed by atoms with Gasteiger partial charge in [-0.05, 0) is 35.0 Å². The number of aromatic carboxylic acids is 4. The van der Waals surface area contributed by atoms with Crippen LogP contribution in [0.1, 0.15) is 41.8 Å². The molecule has 9 heteroatoms. The Bertz CT molecular complexity index is 965. The molecule has 0 unspecified atom stereocenters. The van der Waals surface area contributed by atoms with Crippen LogP contribution in [-0.2, 0) is 0 Å². The number of furan rings is 1. The van der Waals surface area contributed by atoms with Crippen molar-refractivity contribution >= 4 is 34.6 Å². The zero-order valence-electron chi connectivity index (χ0n) is 13.4. The maximum Gasteiger partial charge on any atom is 0.371 e. The van der Waals surface area contributed by atoms with Crippen LogP contribution < -0.4 is 0 Å². The molecule has 2 aromatic carbocycles. The molecule has 0 spiro atoms. The topological polar surface area (TPSA) is 162 Å². The third-order valence-electron chi connectivity index (χ3n) is 3.41. The first-order chi connectivity index (χ1) is 12.7. The van der Waals surface area contributed by atoms with Crippen molar-refractivity contribution < 1.29 is 44.0 Å². The van der Waals surface area contributed by atoms with Crippen LogP contribution in [0, 0.1) is 0 Å². The highest BCUT2D eigenvalue weighted by Gasteiger charge is 2.14. The van der Waals surface area contributed by atoms with Crippen molar-refractivity contribution in [2.24, 2.45) is 0 Å². The van der Waals surface area contributed by atoms with Gasteiger partial charge in [-0.25, -0.2) is 19.2 Å². The van der Waals surface area contributed by atoms with E-state index in [2.05, 4.69) is 4.42 Å². The normalized spacial score (nSPS) is 9.93. The van der Waals surface area contributed by atoms with Gasteiger partial charge in [-0.2, -0.15) is 0 Å². The van der Waals surface area contributed by atoms with Crippen molar-refractivity contribution in [1.82, 2.24) is 0 Å². The smallest absolute Gasteiger partial charge is 0.371 e. The Kier molecular flexibility index (Phi) is 5.56. The fraction of sp³-hybridized carbons (Fsp3) is 0. The molecule has 3 aromatic rings. The van der Waals surface area contributed by atoms with Crippen molar-refractivity contribution in [1.29, 1.82) is 0 Å². The summed E-state index contributed by atoms with van der Waals surface area (Å²) in [5, 5.41) is 35.4. The van der Waals surface area contributed by atoms with E-state index in [1.54, 1.807) is 24.3 Å². The molecule has 9 nitrogen and oxygen atoms in total. The van der Waals surface area contributed by atoms with Gasteiger partial charge in [-0.1, -0.05) is 24.3 Å². The van der Waals surface area contributed by atoms with Crippen molar-refractivity contribution in [2.45, 2.75) is 0 Å². The van der Waals surface area contributed by atoms with E-state index in [0.717, 1.165) is 12.1 Å². The van der Waals surface area contributed by atoms with Gasteiger partial charge in [0.2, 0.25) is 11.5 Å². The molecule has 1 heterocycles. The third kappa shape index (κ3) is 4.28. The lowest BCUT2D eigenvalue weighted by atomic mass is 10.00. The monoisotopic (exact) mass is 372 g/mol. The lowest BCUT2D eigenvalue weighted by Crippen LogP contribution is -2.02. The van der Waals surface area contributed by atoms with Gasteiger partial charge in [0.15, 0.2) is 0 Å². The van der Waals surface area contributed by atoms with Gasteiger partial charge in [0.05, 0.1) is 11.1 Å². The molecule has 4 N–H and O–H groups in total. The first-order valence-corrected chi connectivity index (χ1v) is 7.27. The second kappa shape index (κ2) is 7.83. The van der Waals surface area contributed by atoms with Crippen LogP contribution in [0.4, 0.5) is 0 Å². The maximum atomic E-state index is 10.9. The van der Waals surface area contributed by atoms with E-state index in [1.165, 1.54) is 12.1 Å². The number of rotatable bonds is 4. The molecule has 0 amide bonds. The molecule has 0 aliphatic heterocycles. The Labute approximate surface area is 150 Å². The summed E-state index contributed by atoms with van der Waals surface area (Å²) >= 11 is 0. The first-order valence-electron chi connectivity index (χ1n) is 7.27. The molecular formula is C18H12O9. The summed E-state index contributed by atoms with van der Waals surface area (Å²) in [7, 11) is 0. The molecule has 138 valence electrons. The molecule has 0 bridgehead atoms. The lowest BCUT2D eigenvalue weighted by molar-refractivity contribution is 0.0627. The average molecular weight is 372 g/mol. The molecule has 0 saturated carbocycles. The average Bonchev–Trinajstić information content (AvgIpc) is 3.11. The zero-order chi connectivity index (χ0) is 20.1. The molecule has 0 atom stereocenters. The second-order valence-electron chi connectivity index (χ2n) is 5.09. The van der Waals surface area contributed by atoms with Crippen LogP contribution in [0.3, 0.4) is 0 Å². The minimum atomic E-state index is -1.28. The van der Waals surface area contributed by atoms with E-state index >= 15 is 0 Å². The molecule has 0 saturated heterocycles. The van der Waals surface area contributed by atoms with E-state index < -0.39 is 23.9 Å². The summed E-state index contributed by atoms with van der Waals surface area (Å²) in [6, 6.07) is 11.4. The minimum Gasteiger partial charge on any atom is -0.478 e. The number of benzene rings is 2. The Balaban J connectivity index is 0.000000208. The van der Waals surface area contributed by atoms with E-state index in [0.29, 0.717) is 10.8 Å². The standard InChI is InChI=1S/C12H8O4.C6H4O5/c13-11(14)9-5-6-10(12(15)16)8-4-2-1-3-7(8)9;7-5(8)3-1-2-4(11-3)6(9)10/h1-6H,(H,13,14)(H,15,16);1-2H,(H,7,8)(H,9,10). The van der Waals surface area contributed by atoms with Crippen LogP contribution >= 0.6 is 0 Å². The second-order valence-corrected chi connectivity index (χ2v) is 5.09. The predicted octanol–water partition coefficient (Wildman–Crippen LogP) is 2.91. The molecule has 0 radical (unpaired) electrons. The van der Waals surface area contributed by atoms with Crippen molar-refractivity contribution in [3.63, 3.8) is 0 Å². The number of carboxylic acid groups (broad SMARTS) is 4.